The maximum Gasteiger partial charge on any atom is 0.174 e. The average molecular weight is 470 g/mol. The number of aromatic nitrogens is 3. The van der Waals surface area contributed by atoms with Gasteiger partial charge in [-0.2, -0.15) is 0 Å². The monoisotopic (exact) mass is 469 g/mol. The summed E-state index contributed by atoms with van der Waals surface area (Å²) >= 11 is 5.89. The number of rotatable bonds is 6. The Bertz CT molecular complexity index is 1310. The summed E-state index contributed by atoms with van der Waals surface area (Å²) in [4.78, 5) is 11.0. The highest BCUT2D eigenvalue weighted by Gasteiger charge is 2.43. The largest absolute Gasteiger partial charge is 0.495 e. The van der Waals surface area contributed by atoms with Crippen molar-refractivity contribution in [1.29, 1.82) is 0 Å². The van der Waals surface area contributed by atoms with Gasteiger partial charge >= 0.3 is 0 Å². The summed E-state index contributed by atoms with van der Waals surface area (Å²) in [5.41, 5.74) is 6.70. The van der Waals surface area contributed by atoms with Crippen LogP contribution in [-0.4, -0.2) is 26.8 Å². The van der Waals surface area contributed by atoms with Gasteiger partial charge in [0.05, 0.1) is 30.6 Å². The van der Waals surface area contributed by atoms with Crippen molar-refractivity contribution in [2.75, 3.05) is 12.0 Å². The molecule has 0 aliphatic carbocycles. The highest BCUT2D eigenvalue weighted by atomic mass is 32.1. The van der Waals surface area contributed by atoms with Gasteiger partial charge in [0.1, 0.15) is 5.75 Å². The second-order valence-corrected chi connectivity index (χ2v) is 8.82. The fraction of sp³-hybridized carbons (Fsp3) is 0.222. The maximum absolute atomic E-state index is 5.89. The van der Waals surface area contributed by atoms with Crippen molar-refractivity contribution in [1.82, 2.24) is 19.9 Å². The average Bonchev–Trinajstić information content (AvgIpc) is 3.36. The summed E-state index contributed by atoms with van der Waals surface area (Å²) in [5, 5.41) is 4.20. The van der Waals surface area contributed by atoms with Crippen molar-refractivity contribution >= 4 is 23.0 Å². The molecule has 6 nitrogen and oxygen atoms in total. The Morgan fingerprint density at radius 2 is 1.76 bits per heavy atom. The molecule has 1 fully saturated rings. The molecule has 2 atom stereocenters. The Morgan fingerprint density at radius 1 is 1.00 bits per heavy atom. The van der Waals surface area contributed by atoms with E-state index in [1.165, 1.54) is 22.5 Å². The van der Waals surface area contributed by atoms with Crippen LogP contribution in [0.25, 0.3) is 0 Å². The molecule has 34 heavy (non-hydrogen) atoms. The smallest absolute Gasteiger partial charge is 0.174 e. The van der Waals surface area contributed by atoms with E-state index >= 15 is 0 Å². The quantitative estimate of drug-likeness (QED) is 0.395. The lowest BCUT2D eigenvalue weighted by Crippen LogP contribution is -2.30. The molecule has 0 bridgehead atoms. The number of anilines is 1. The fourth-order valence-electron chi connectivity index (χ4n) is 4.80. The standard InChI is InChI=1S/C27H27N5OS/c1-18-16-21(19(2)31(18)17-20-11-14-28-15-12-20)26-25(22-8-6-7-13-29-22)30-27(34)32(26)23-9-4-5-10-24(23)33-3/h4-16,25-26H,17H2,1-3H3,(H,30,34)/t25-,26-/m0/s1. The molecule has 5 rings (SSSR count). The molecule has 1 aromatic carbocycles. The molecule has 3 aromatic heterocycles. The zero-order chi connectivity index (χ0) is 23.7. The number of hydrogen-bond donors (Lipinski definition) is 1. The summed E-state index contributed by atoms with van der Waals surface area (Å²) < 4.78 is 8.06. The molecule has 4 aromatic rings. The van der Waals surface area contributed by atoms with E-state index in [1.807, 2.05) is 48.9 Å². The number of methoxy groups -OCH3 is 1. The molecule has 4 heterocycles. The van der Waals surface area contributed by atoms with E-state index in [4.69, 9.17) is 17.0 Å². The normalized spacial score (nSPS) is 17.6. The van der Waals surface area contributed by atoms with Crippen LogP contribution in [0.1, 0.15) is 40.3 Å². The van der Waals surface area contributed by atoms with E-state index in [0.717, 1.165) is 23.7 Å². The molecular formula is C27H27N5OS. The van der Waals surface area contributed by atoms with Gasteiger partial charge in [0.15, 0.2) is 5.11 Å². The van der Waals surface area contributed by atoms with Crippen LogP contribution in [0.2, 0.25) is 0 Å². The zero-order valence-corrected chi connectivity index (χ0v) is 20.3. The highest BCUT2D eigenvalue weighted by Crippen LogP contribution is 2.45. The molecule has 1 aliphatic heterocycles. The van der Waals surface area contributed by atoms with Crippen molar-refractivity contribution in [3.8, 4) is 5.75 Å². The van der Waals surface area contributed by atoms with Crippen molar-refractivity contribution in [2.45, 2.75) is 32.5 Å². The van der Waals surface area contributed by atoms with E-state index in [-0.39, 0.29) is 12.1 Å². The molecule has 0 unspecified atom stereocenters. The number of ether oxygens (including phenoxy) is 1. The van der Waals surface area contributed by atoms with Gasteiger partial charge in [-0.3, -0.25) is 9.97 Å². The summed E-state index contributed by atoms with van der Waals surface area (Å²) in [5.74, 6) is 0.781. The lowest BCUT2D eigenvalue weighted by molar-refractivity contribution is 0.414. The molecule has 1 N–H and O–H groups in total. The fourth-order valence-corrected chi connectivity index (χ4v) is 5.14. The summed E-state index contributed by atoms with van der Waals surface area (Å²) in [7, 11) is 1.69. The van der Waals surface area contributed by atoms with Crippen molar-refractivity contribution < 1.29 is 4.74 Å². The Labute approximate surface area is 205 Å². The van der Waals surface area contributed by atoms with Crippen LogP contribution >= 0.6 is 12.2 Å². The van der Waals surface area contributed by atoms with Gasteiger partial charge in [0.25, 0.3) is 0 Å². The Balaban J connectivity index is 1.64. The van der Waals surface area contributed by atoms with Gasteiger partial charge in [-0.1, -0.05) is 18.2 Å². The van der Waals surface area contributed by atoms with Crippen LogP contribution in [-0.2, 0) is 6.54 Å². The number of nitrogens with one attached hydrogen (secondary N) is 1. The highest BCUT2D eigenvalue weighted by molar-refractivity contribution is 7.80. The zero-order valence-electron chi connectivity index (χ0n) is 19.5. The molecule has 172 valence electrons. The summed E-state index contributed by atoms with van der Waals surface area (Å²) in [6.07, 6.45) is 5.50. The third-order valence-corrected chi connectivity index (χ3v) is 6.78. The third-order valence-electron chi connectivity index (χ3n) is 6.46. The van der Waals surface area contributed by atoms with Crippen molar-refractivity contribution in [2.24, 2.45) is 0 Å². The molecule has 1 aliphatic rings. The van der Waals surface area contributed by atoms with E-state index in [9.17, 15) is 0 Å². The first-order chi connectivity index (χ1) is 16.6. The summed E-state index contributed by atoms with van der Waals surface area (Å²) in [6, 6.07) is 20.2. The minimum atomic E-state index is -0.103. The number of thiocarbonyl (C=S) groups is 1. The molecule has 0 saturated carbocycles. The minimum Gasteiger partial charge on any atom is -0.495 e. The molecule has 0 radical (unpaired) electrons. The lowest BCUT2D eigenvalue weighted by Gasteiger charge is -2.29. The van der Waals surface area contributed by atoms with Crippen LogP contribution < -0.4 is 15.0 Å². The van der Waals surface area contributed by atoms with Gasteiger partial charge < -0.3 is 19.5 Å². The number of hydrogen-bond acceptors (Lipinski definition) is 4. The van der Waals surface area contributed by atoms with Gasteiger partial charge in [0.2, 0.25) is 0 Å². The predicted molar refractivity (Wildman–Crippen MR) is 138 cm³/mol. The van der Waals surface area contributed by atoms with Crippen molar-refractivity contribution in [3.63, 3.8) is 0 Å². The SMILES string of the molecule is COc1ccccc1N1C(=S)N[C@@H](c2ccccn2)[C@@H]1c1cc(C)n(Cc2ccncc2)c1C. The first kappa shape index (κ1) is 22.1. The molecule has 7 heteroatoms. The van der Waals surface area contributed by atoms with E-state index in [2.05, 4.69) is 68.9 Å². The third kappa shape index (κ3) is 3.92. The van der Waals surface area contributed by atoms with Crippen LogP contribution in [0, 0.1) is 13.8 Å². The van der Waals surface area contributed by atoms with Crippen LogP contribution in [0.3, 0.4) is 0 Å². The Kier molecular flexibility index (Phi) is 6.02. The topological polar surface area (TPSA) is 55.2 Å². The van der Waals surface area contributed by atoms with Gasteiger partial charge in [-0.05, 0) is 79.7 Å². The Morgan fingerprint density at radius 3 is 2.50 bits per heavy atom. The summed E-state index contributed by atoms with van der Waals surface area (Å²) in [6.45, 7) is 5.12. The lowest BCUT2D eigenvalue weighted by atomic mass is 9.96. The molecule has 1 saturated heterocycles. The number of nitrogens with zero attached hydrogens (tertiary/aromatic N) is 4. The number of pyridine rings is 2. The molecule has 0 amide bonds. The van der Waals surface area contributed by atoms with Crippen molar-refractivity contribution in [3.05, 3.63) is 107 Å². The van der Waals surface area contributed by atoms with Crippen LogP contribution in [0.4, 0.5) is 5.69 Å². The van der Waals surface area contributed by atoms with E-state index < -0.39 is 0 Å². The first-order valence-electron chi connectivity index (χ1n) is 11.3. The number of benzene rings is 1. The van der Waals surface area contributed by atoms with E-state index in [0.29, 0.717) is 5.11 Å². The van der Waals surface area contributed by atoms with E-state index in [1.54, 1.807) is 7.11 Å². The van der Waals surface area contributed by atoms with Gasteiger partial charge in [-0.25, -0.2) is 0 Å². The predicted octanol–water partition coefficient (Wildman–Crippen LogP) is 5.13. The second kappa shape index (κ2) is 9.27. The number of aryl methyl sites for hydroxylation is 1. The van der Waals surface area contributed by atoms with Crippen LogP contribution in [0.5, 0.6) is 5.75 Å². The Hall–Kier alpha value is -3.71. The second-order valence-electron chi connectivity index (χ2n) is 8.44. The molecule has 0 spiro atoms. The van der Waals surface area contributed by atoms with Gasteiger partial charge in [0, 0.05) is 36.5 Å². The van der Waals surface area contributed by atoms with Gasteiger partial charge in [-0.15, -0.1) is 0 Å². The molecular weight excluding hydrogens is 442 g/mol. The minimum absolute atomic E-state index is 0.0870. The van der Waals surface area contributed by atoms with Crippen LogP contribution in [0.15, 0.2) is 79.3 Å². The number of para-hydroxylation sites is 2. The maximum atomic E-state index is 5.89. The first-order valence-corrected chi connectivity index (χ1v) is 11.7.